The molecule has 3 atom stereocenters. The molecule has 0 aliphatic rings. The first-order valence-corrected chi connectivity index (χ1v) is 24.8. The van der Waals surface area contributed by atoms with Crippen LogP contribution in [0.1, 0.15) is 155 Å². The first-order chi connectivity index (χ1) is 29.0. The first-order valence-electron chi connectivity index (χ1n) is 23.3. The van der Waals surface area contributed by atoms with Gasteiger partial charge in [0.1, 0.15) is 13.2 Å². The Morgan fingerprint density at radius 1 is 0.583 bits per heavy atom. The summed E-state index contributed by atoms with van der Waals surface area (Å²) in [6, 6.07) is -0.854. The maximum absolute atomic E-state index is 12.8. The van der Waals surface area contributed by atoms with Gasteiger partial charge in [0.25, 0.3) is 0 Å². The van der Waals surface area contributed by atoms with Crippen molar-refractivity contribution in [1.29, 1.82) is 0 Å². The fraction of sp³-hybridized carbons (Fsp3) is 0.627. The minimum atomic E-state index is -4.33. The fourth-order valence-electron chi connectivity index (χ4n) is 5.82. The average molecular weight is 856 g/mol. The SMILES string of the molecule is CC/C=C\C/C=C\C/C=C\C/C=C\C/C=C\C/C=C\C/C=C\C/C=C\CCCCCCCCCCC(=O)NC(COP(=O)(O)OCC[N+](C)(C)C)C(O)/C=C/CCCCC. The quantitative estimate of drug-likeness (QED) is 0.0245. The number of aliphatic hydroxyl groups is 1. The lowest BCUT2D eigenvalue weighted by molar-refractivity contribution is -0.870. The summed E-state index contributed by atoms with van der Waals surface area (Å²) in [7, 11) is 1.54. The second kappa shape index (κ2) is 41.5. The summed E-state index contributed by atoms with van der Waals surface area (Å²) in [5.41, 5.74) is 0. The van der Waals surface area contributed by atoms with Crippen molar-refractivity contribution in [3.63, 3.8) is 0 Å². The Balaban J connectivity index is 4.03. The van der Waals surface area contributed by atoms with E-state index in [0.29, 0.717) is 17.4 Å². The number of carbonyl (C=O) groups is 1. The van der Waals surface area contributed by atoms with Gasteiger partial charge in [0.15, 0.2) is 0 Å². The third kappa shape index (κ3) is 43.3. The van der Waals surface area contributed by atoms with E-state index in [1.165, 1.54) is 25.7 Å². The van der Waals surface area contributed by atoms with Gasteiger partial charge in [-0.3, -0.25) is 13.8 Å². The van der Waals surface area contributed by atoms with E-state index in [9.17, 15) is 19.4 Å². The molecule has 0 bridgehead atoms. The molecule has 8 nitrogen and oxygen atoms in total. The number of amides is 1. The Bertz CT molecular complexity index is 1340. The number of likely N-dealkylation sites (N-methyl/N-ethyl adjacent to an activating group) is 1. The number of phosphoric ester groups is 1. The van der Waals surface area contributed by atoms with Crippen LogP contribution in [0, 0.1) is 0 Å². The van der Waals surface area contributed by atoms with Crippen LogP contribution < -0.4 is 5.32 Å². The van der Waals surface area contributed by atoms with Gasteiger partial charge in [-0.25, -0.2) is 4.57 Å². The van der Waals surface area contributed by atoms with E-state index >= 15 is 0 Å². The first kappa shape index (κ1) is 57.2. The Labute approximate surface area is 368 Å². The highest BCUT2D eigenvalue weighted by Crippen LogP contribution is 2.43. The second-order valence-corrected chi connectivity index (χ2v) is 17.9. The summed E-state index contributed by atoms with van der Waals surface area (Å²) in [6.45, 7) is 4.54. The molecule has 9 heteroatoms. The molecular formula is C51H88N2O6P+. The van der Waals surface area contributed by atoms with Gasteiger partial charge in [-0.15, -0.1) is 0 Å². The van der Waals surface area contributed by atoms with E-state index in [2.05, 4.69) is 116 Å². The number of quaternary nitrogens is 1. The van der Waals surface area contributed by atoms with Gasteiger partial charge < -0.3 is 19.8 Å². The van der Waals surface area contributed by atoms with Gasteiger partial charge in [0.05, 0.1) is 39.9 Å². The Hall–Kier alpha value is -2.84. The van der Waals surface area contributed by atoms with Crippen LogP contribution in [0.15, 0.2) is 109 Å². The lowest BCUT2D eigenvalue weighted by atomic mass is 10.1. The summed E-state index contributed by atoms with van der Waals surface area (Å²) in [5, 5.41) is 13.6. The minimum absolute atomic E-state index is 0.0529. The third-order valence-corrected chi connectivity index (χ3v) is 10.5. The molecule has 0 spiro atoms. The number of hydrogen-bond acceptors (Lipinski definition) is 5. The van der Waals surface area contributed by atoms with E-state index in [1.807, 2.05) is 27.2 Å². The van der Waals surface area contributed by atoms with Gasteiger partial charge in [-0.1, -0.05) is 175 Å². The molecule has 0 aromatic rings. The molecule has 3 unspecified atom stereocenters. The van der Waals surface area contributed by atoms with Crippen LogP contribution in [0.25, 0.3) is 0 Å². The van der Waals surface area contributed by atoms with E-state index in [4.69, 9.17) is 9.05 Å². The summed E-state index contributed by atoms with van der Waals surface area (Å²) in [4.78, 5) is 22.9. The molecule has 0 rings (SSSR count). The molecule has 0 aliphatic carbocycles. The molecule has 342 valence electrons. The van der Waals surface area contributed by atoms with E-state index < -0.39 is 20.0 Å². The number of phosphoric acid groups is 1. The number of nitrogens with zero attached hydrogens (tertiary/aromatic N) is 1. The number of carbonyl (C=O) groups excluding carboxylic acids is 1. The van der Waals surface area contributed by atoms with Crippen molar-refractivity contribution in [2.24, 2.45) is 0 Å². The van der Waals surface area contributed by atoms with Crippen LogP contribution in [0.3, 0.4) is 0 Å². The molecule has 3 N–H and O–H groups in total. The fourth-order valence-corrected chi connectivity index (χ4v) is 6.55. The number of hydrogen-bond donors (Lipinski definition) is 3. The largest absolute Gasteiger partial charge is 0.472 e. The predicted octanol–water partition coefficient (Wildman–Crippen LogP) is 13.3. The van der Waals surface area contributed by atoms with Crippen molar-refractivity contribution in [3.05, 3.63) is 109 Å². The van der Waals surface area contributed by atoms with E-state index in [-0.39, 0.29) is 19.1 Å². The van der Waals surface area contributed by atoms with Crippen molar-refractivity contribution in [2.45, 2.75) is 167 Å². The molecule has 0 saturated heterocycles. The Morgan fingerprint density at radius 2 is 1.00 bits per heavy atom. The van der Waals surface area contributed by atoms with Crippen molar-refractivity contribution >= 4 is 13.7 Å². The predicted molar refractivity (Wildman–Crippen MR) is 258 cm³/mol. The Kier molecular flexibility index (Phi) is 39.5. The van der Waals surface area contributed by atoms with Crippen LogP contribution >= 0.6 is 7.82 Å². The van der Waals surface area contributed by atoms with Crippen molar-refractivity contribution in [3.8, 4) is 0 Å². The highest BCUT2D eigenvalue weighted by molar-refractivity contribution is 7.47. The highest BCUT2D eigenvalue weighted by atomic mass is 31.2. The topological polar surface area (TPSA) is 105 Å². The zero-order valence-electron chi connectivity index (χ0n) is 38.6. The molecule has 0 fully saturated rings. The van der Waals surface area contributed by atoms with Gasteiger partial charge in [0, 0.05) is 6.42 Å². The van der Waals surface area contributed by atoms with Crippen LogP contribution in [0.2, 0.25) is 0 Å². The molecule has 0 aliphatic heterocycles. The standard InChI is InChI=1S/C51H87N2O6P/c1-6-8-10-12-13-14-15-16-17-18-19-20-21-22-23-24-25-26-27-28-29-30-31-32-33-34-35-36-37-38-39-41-43-45-51(55)52-49(50(54)44-42-40-11-9-7-2)48-59-60(56,57)58-47-46-53(3,4)5/h8,10,13-14,16-17,19-20,22-23,25-26,28-29,31-32,42,44,49-50,54H,6-7,9,11-12,15,18,21,24,27,30,33-41,43,45-48H2,1-5H3,(H-,52,55,56,57)/p+1/b10-8-,14-13-,17-16-,20-19-,23-22-,26-25-,29-28-,32-31-,44-42+. The molecule has 0 aromatic carbocycles. The number of rotatable bonds is 40. The average Bonchev–Trinajstić information content (AvgIpc) is 3.20. The molecule has 60 heavy (non-hydrogen) atoms. The van der Waals surface area contributed by atoms with Crippen molar-refractivity contribution in [2.75, 3.05) is 40.9 Å². The van der Waals surface area contributed by atoms with Crippen LogP contribution in [0.5, 0.6) is 0 Å². The van der Waals surface area contributed by atoms with Gasteiger partial charge in [-0.05, 0) is 83.5 Å². The number of nitrogens with one attached hydrogen (secondary N) is 1. The van der Waals surface area contributed by atoms with Crippen molar-refractivity contribution in [1.82, 2.24) is 5.32 Å². The minimum Gasteiger partial charge on any atom is -0.387 e. The van der Waals surface area contributed by atoms with Crippen LogP contribution in [-0.2, 0) is 18.4 Å². The monoisotopic (exact) mass is 856 g/mol. The van der Waals surface area contributed by atoms with Crippen molar-refractivity contribution < 1.29 is 32.9 Å². The number of aliphatic hydroxyl groups excluding tert-OH is 1. The third-order valence-electron chi connectivity index (χ3n) is 9.50. The van der Waals surface area contributed by atoms with E-state index in [1.54, 1.807) is 6.08 Å². The lowest BCUT2D eigenvalue weighted by Gasteiger charge is -2.25. The zero-order chi connectivity index (χ0) is 44.3. The molecule has 0 radical (unpaired) electrons. The van der Waals surface area contributed by atoms with Gasteiger partial charge >= 0.3 is 7.82 Å². The summed E-state index contributed by atoms with van der Waals surface area (Å²) < 4.78 is 23.3. The van der Waals surface area contributed by atoms with Crippen LogP contribution in [-0.4, -0.2) is 73.4 Å². The maximum atomic E-state index is 12.8. The Morgan fingerprint density at radius 3 is 1.47 bits per heavy atom. The molecule has 1 amide bonds. The zero-order valence-corrected chi connectivity index (χ0v) is 39.5. The normalized spacial score (nSPS) is 15.2. The van der Waals surface area contributed by atoms with Gasteiger partial charge in [-0.2, -0.15) is 0 Å². The molecule has 0 aromatic heterocycles. The summed E-state index contributed by atoms with van der Waals surface area (Å²) in [6.07, 6.45) is 60.7. The maximum Gasteiger partial charge on any atom is 0.472 e. The number of unbranched alkanes of at least 4 members (excludes halogenated alkanes) is 11. The summed E-state index contributed by atoms with van der Waals surface area (Å²) in [5.74, 6) is -0.200. The summed E-state index contributed by atoms with van der Waals surface area (Å²) >= 11 is 0. The second-order valence-electron chi connectivity index (χ2n) is 16.4. The smallest absolute Gasteiger partial charge is 0.387 e. The molecule has 0 heterocycles. The molecular weight excluding hydrogens is 768 g/mol. The molecule has 0 saturated carbocycles. The van der Waals surface area contributed by atoms with E-state index in [0.717, 1.165) is 109 Å². The number of allylic oxidation sites excluding steroid dienone is 17. The van der Waals surface area contributed by atoms with Gasteiger partial charge in [0.2, 0.25) is 5.91 Å². The van der Waals surface area contributed by atoms with Crippen LogP contribution in [0.4, 0.5) is 0 Å². The highest BCUT2D eigenvalue weighted by Gasteiger charge is 2.27. The lowest BCUT2D eigenvalue weighted by Crippen LogP contribution is -2.45.